The van der Waals surface area contributed by atoms with Crippen LogP contribution in [0.15, 0.2) is 29.3 Å². The first kappa shape index (κ1) is 10.9. The van der Waals surface area contributed by atoms with Gasteiger partial charge in [0.25, 0.3) is 0 Å². The highest BCUT2D eigenvalue weighted by molar-refractivity contribution is 7.98. The fraction of sp³-hybridized carbons (Fsp3) is 0.182. The largest absolute Gasteiger partial charge is 0.496 e. The highest BCUT2D eigenvalue weighted by Gasteiger charge is 2.14. The Bertz CT molecular complexity index is 473. The van der Waals surface area contributed by atoms with E-state index in [9.17, 15) is 0 Å². The normalized spacial score (nSPS) is 10.4. The number of nitrogen functional groups attached to an aromatic ring is 1. The monoisotopic (exact) mass is 235 g/mol. The Hall–Kier alpha value is -1.62. The number of nitrogens with zero attached hydrogens (tertiary/aromatic N) is 1. The highest BCUT2D eigenvalue weighted by Crippen LogP contribution is 2.39. The van der Waals surface area contributed by atoms with Gasteiger partial charge < -0.3 is 10.5 Å². The molecule has 0 fully saturated rings. The molecule has 0 saturated heterocycles. The minimum atomic E-state index is 0.555. The molecule has 0 saturated carbocycles. The molecule has 0 bridgehead atoms. The van der Waals surface area contributed by atoms with Crippen LogP contribution in [0.4, 0.5) is 5.82 Å². The minimum Gasteiger partial charge on any atom is -0.496 e. The first-order chi connectivity index (χ1) is 7.77. The zero-order valence-electron chi connectivity index (χ0n) is 9.15. The Morgan fingerprint density at radius 3 is 2.81 bits per heavy atom. The zero-order chi connectivity index (χ0) is 11.5. The van der Waals surface area contributed by atoms with Gasteiger partial charge in [0.15, 0.2) is 0 Å². The summed E-state index contributed by atoms with van der Waals surface area (Å²) in [4.78, 5) is 1.12. The van der Waals surface area contributed by atoms with E-state index in [-0.39, 0.29) is 0 Å². The van der Waals surface area contributed by atoms with Crippen molar-refractivity contribution in [1.29, 1.82) is 0 Å². The first-order valence-corrected chi connectivity index (χ1v) is 6.00. The molecule has 1 aromatic carbocycles. The van der Waals surface area contributed by atoms with Crippen LogP contribution in [0.2, 0.25) is 0 Å². The van der Waals surface area contributed by atoms with Crippen LogP contribution in [0.25, 0.3) is 11.1 Å². The summed E-state index contributed by atoms with van der Waals surface area (Å²) in [5.74, 6) is 1.36. The molecule has 84 valence electrons. The van der Waals surface area contributed by atoms with E-state index in [2.05, 4.69) is 10.2 Å². The lowest BCUT2D eigenvalue weighted by molar-refractivity contribution is 0.415. The van der Waals surface area contributed by atoms with Crippen molar-refractivity contribution in [2.75, 3.05) is 19.1 Å². The fourth-order valence-corrected chi connectivity index (χ4v) is 2.24. The smallest absolute Gasteiger partial charge is 0.128 e. The van der Waals surface area contributed by atoms with Crippen molar-refractivity contribution in [2.24, 2.45) is 0 Å². The molecule has 0 radical (unpaired) electrons. The number of hydrogen-bond acceptors (Lipinski definition) is 4. The van der Waals surface area contributed by atoms with Crippen LogP contribution in [0.5, 0.6) is 5.75 Å². The molecule has 0 amide bonds. The molecule has 16 heavy (non-hydrogen) atoms. The van der Waals surface area contributed by atoms with E-state index in [0.29, 0.717) is 5.82 Å². The molecule has 0 unspecified atom stereocenters. The summed E-state index contributed by atoms with van der Waals surface area (Å²) in [6.45, 7) is 0. The Balaban J connectivity index is 2.66. The summed E-state index contributed by atoms with van der Waals surface area (Å²) in [5, 5.41) is 6.67. The van der Waals surface area contributed by atoms with Crippen molar-refractivity contribution < 1.29 is 4.74 Å². The van der Waals surface area contributed by atoms with Gasteiger partial charge in [0, 0.05) is 16.0 Å². The van der Waals surface area contributed by atoms with Gasteiger partial charge in [-0.05, 0) is 18.4 Å². The predicted octanol–water partition coefficient (Wildman–Crippen LogP) is 2.39. The summed E-state index contributed by atoms with van der Waals surface area (Å²) in [7, 11) is 1.65. The highest BCUT2D eigenvalue weighted by atomic mass is 32.2. The van der Waals surface area contributed by atoms with Gasteiger partial charge in [0.1, 0.15) is 11.6 Å². The number of benzene rings is 1. The molecule has 5 heteroatoms. The molecule has 0 aliphatic carbocycles. The lowest BCUT2D eigenvalue weighted by Crippen LogP contribution is -1.93. The molecule has 0 spiro atoms. The van der Waals surface area contributed by atoms with E-state index in [1.165, 1.54) is 0 Å². The lowest BCUT2D eigenvalue weighted by Gasteiger charge is -2.11. The number of anilines is 1. The topological polar surface area (TPSA) is 63.9 Å². The molecular weight excluding hydrogens is 222 g/mol. The molecule has 0 atom stereocenters. The van der Waals surface area contributed by atoms with Crippen LogP contribution in [-0.2, 0) is 0 Å². The van der Waals surface area contributed by atoms with E-state index < -0.39 is 0 Å². The molecule has 4 nitrogen and oxygen atoms in total. The lowest BCUT2D eigenvalue weighted by atomic mass is 10.1. The fourth-order valence-electron chi connectivity index (χ4n) is 1.61. The van der Waals surface area contributed by atoms with Crippen molar-refractivity contribution in [2.45, 2.75) is 4.90 Å². The molecule has 0 aliphatic heterocycles. The van der Waals surface area contributed by atoms with E-state index in [1.807, 2.05) is 24.5 Å². The van der Waals surface area contributed by atoms with Gasteiger partial charge in [-0.1, -0.05) is 6.07 Å². The van der Waals surface area contributed by atoms with Crippen LogP contribution in [0, 0.1) is 0 Å². The van der Waals surface area contributed by atoms with Crippen LogP contribution in [-0.4, -0.2) is 23.6 Å². The number of methoxy groups -OCH3 is 1. The average Bonchev–Trinajstić information content (AvgIpc) is 2.74. The maximum Gasteiger partial charge on any atom is 0.128 e. The van der Waals surface area contributed by atoms with Crippen LogP contribution >= 0.6 is 11.8 Å². The average molecular weight is 235 g/mol. The molecule has 0 aliphatic rings. The summed E-state index contributed by atoms with van der Waals surface area (Å²) < 4.78 is 5.36. The Kier molecular flexibility index (Phi) is 3.05. The maximum atomic E-state index is 5.84. The SMILES string of the molecule is COc1cccc(SC)c1-c1cn[nH]c1N. The predicted molar refractivity (Wildman–Crippen MR) is 66.8 cm³/mol. The molecular formula is C11H13N3OS. The van der Waals surface area contributed by atoms with Crippen LogP contribution in [0.1, 0.15) is 0 Å². The number of rotatable bonds is 3. The molecule has 2 aromatic rings. The van der Waals surface area contributed by atoms with E-state index in [0.717, 1.165) is 21.8 Å². The Morgan fingerprint density at radius 2 is 2.25 bits per heavy atom. The third-order valence-electron chi connectivity index (χ3n) is 2.37. The molecule has 2 rings (SSSR count). The van der Waals surface area contributed by atoms with Crippen LogP contribution < -0.4 is 10.5 Å². The van der Waals surface area contributed by atoms with Gasteiger partial charge in [-0.25, -0.2) is 0 Å². The number of aromatic amines is 1. The van der Waals surface area contributed by atoms with Gasteiger partial charge in [0.05, 0.1) is 13.3 Å². The van der Waals surface area contributed by atoms with E-state index >= 15 is 0 Å². The summed E-state index contributed by atoms with van der Waals surface area (Å²) >= 11 is 1.65. The van der Waals surface area contributed by atoms with Crippen molar-refractivity contribution >= 4 is 17.6 Å². The Labute approximate surface area is 98.2 Å². The molecule has 1 heterocycles. The number of aromatic nitrogens is 2. The van der Waals surface area contributed by atoms with Gasteiger partial charge in [-0.15, -0.1) is 11.8 Å². The second kappa shape index (κ2) is 4.49. The molecule has 3 N–H and O–H groups in total. The number of H-pyrrole nitrogens is 1. The Morgan fingerprint density at radius 1 is 1.44 bits per heavy atom. The van der Waals surface area contributed by atoms with Gasteiger partial charge in [0.2, 0.25) is 0 Å². The standard InChI is InChI=1S/C11H13N3OS/c1-15-8-4-3-5-9(16-2)10(8)7-6-13-14-11(7)12/h3-6H,1-2H3,(H3,12,13,14). The third kappa shape index (κ3) is 1.74. The second-order valence-corrected chi connectivity index (χ2v) is 4.08. The minimum absolute atomic E-state index is 0.555. The van der Waals surface area contributed by atoms with Gasteiger partial charge >= 0.3 is 0 Å². The van der Waals surface area contributed by atoms with Crippen LogP contribution in [0.3, 0.4) is 0 Å². The summed E-state index contributed by atoms with van der Waals surface area (Å²) in [6, 6.07) is 5.92. The number of nitrogens with one attached hydrogen (secondary N) is 1. The van der Waals surface area contributed by atoms with Crippen molar-refractivity contribution in [3.8, 4) is 16.9 Å². The van der Waals surface area contributed by atoms with Gasteiger partial charge in [-0.2, -0.15) is 5.10 Å². The zero-order valence-corrected chi connectivity index (χ0v) is 9.97. The first-order valence-electron chi connectivity index (χ1n) is 4.78. The van der Waals surface area contributed by atoms with Crippen molar-refractivity contribution in [3.63, 3.8) is 0 Å². The second-order valence-electron chi connectivity index (χ2n) is 3.23. The summed E-state index contributed by atoms with van der Waals surface area (Å²) in [5.41, 5.74) is 7.70. The molecule has 1 aromatic heterocycles. The number of thioether (sulfide) groups is 1. The van der Waals surface area contributed by atoms with Gasteiger partial charge in [-0.3, -0.25) is 5.10 Å². The number of hydrogen-bond donors (Lipinski definition) is 2. The number of nitrogens with two attached hydrogens (primary N) is 1. The quantitative estimate of drug-likeness (QED) is 0.802. The van der Waals surface area contributed by atoms with E-state index in [4.69, 9.17) is 10.5 Å². The maximum absolute atomic E-state index is 5.84. The third-order valence-corrected chi connectivity index (χ3v) is 3.15. The summed E-state index contributed by atoms with van der Waals surface area (Å²) in [6.07, 6.45) is 3.74. The van der Waals surface area contributed by atoms with E-state index in [1.54, 1.807) is 25.1 Å². The van der Waals surface area contributed by atoms with Crippen molar-refractivity contribution in [3.05, 3.63) is 24.4 Å². The van der Waals surface area contributed by atoms with Crippen molar-refractivity contribution in [1.82, 2.24) is 10.2 Å². The number of ether oxygens (including phenoxy) is 1.